The summed E-state index contributed by atoms with van der Waals surface area (Å²) in [5.41, 5.74) is -0.328. The van der Waals surface area contributed by atoms with Gasteiger partial charge >= 0.3 is 12.1 Å². The van der Waals surface area contributed by atoms with Gasteiger partial charge in [-0.05, 0) is 17.7 Å². The van der Waals surface area contributed by atoms with Crippen molar-refractivity contribution in [2.24, 2.45) is 0 Å². The van der Waals surface area contributed by atoms with E-state index in [1.165, 1.54) is 5.32 Å². The third-order valence-corrected chi connectivity index (χ3v) is 2.65. The van der Waals surface area contributed by atoms with Crippen molar-refractivity contribution >= 4 is 27.5 Å². The molecule has 1 amide bonds. The Labute approximate surface area is 108 Å². The maximum Gasteiger partial charge on any atom is 0.471 e. The monoisotopic (exact) mass is 324 g/mol. The Balaban J connectivity index is 3.03. The fraction of sp³-hybridized carbons (Fsp3) is 0.200. The SMILES string of the molecule is N#CCc1cc(F)c(NC(=O)C(F)(F)F)cc1Br. The normalized spacial score (nSPS) is 10.9. The topological polar surface area (TPSA) is 52.9 Å². The van der Waals surface area contributed by atoms with Gasteiger partial charge in [-0.25, -0.2) is 4.39 Å². The molecule has 0 spiro atoms. The van der Waals surface area contributed by atoms with E-state index in [0.717, 1.165) is 12.1 Å². The predicted octanol–water partition coefficient (Wildman–Crippen LogP) is 3.16. The molecule has 0 fully saturated rings. The lowest BCUT2D eigenvalue weighted by atomic mass is 10.1. The summed E-state index contributed by atoms with van der Waals surface area (Å²) < 4.78 is 49.6. The Bertz CT molecular complexity index is 522. The molecular formula is C10H5BrF4N2O. The average Bonchev–Trinajstić information content (AvgIpc) is 2.24. The van der Waals surface area contributed by atoms with Crippen LogP contribution < -0.4 is 5.32 Å². The summed E-state index contributed by atoms with van der Waals surface area (Å²) in [4.78, 5) is 10.6. The summed E-state index contributed by atoms with van der Waals surface area (Å²) in [5.74, 6) is -3.30. The molecule has 0 atom stereocenters. The van der Waals surface area contributed by atoms with Crippen LogP contribution >= 0.6 is 15.9 Å². The number of alkyl halides is 3. The summed E-state index contributed by atoms with van der Waals surface area (Å²) in [6, 6.07) is 3.64. The molecule has 1 aromatic rings. The van der Waals surface area contributed by atoms with Gasteiger partial charge in [0.2, 0.25) is 0 Å². The summed E-state index contributed by atoms with van der Waals surface area (Å²) >= 11 is 2.97. The lowest BCUT2D eigenvalue weighted by Gasteiger charge is -2.10. The van der Waals surface area contributed by atoms with E-state index < -0.39 is 23.6 Å². The molecule has 0 radical (unpaired) electrons. The summed E-state index contributed by atoms with van der Waals surface area (Å²) in [7, 11) is 0. The number of amides is 1. The van der Waals surface area contributed by atoms with Crippen molar-refractivity contribution < 1.29 is 22.4 Å². The second-order valence-electron chi connectivity index (χ2n) is 3.21. The number of benzene rings is 1. The highest BCUT2D eigenvalue weighted by Crippen LogP contribution is 2.27. The third kappa shape index (κ3) is 3.43. The lowest BCUT2D eigenvalue weighted by molar-refractivity contribution is -0.167. The lowest BCUT2D eigenvalue weighted by Crippen LogP contribution is -2.30. The fourth-order valence-corrected chi connectivity index (χ4v) is 1.58. The van der Waals surface area contributed by atoms with Crippen LogP contribution in [-0.4, -0.2) is 12.1 Å². The van der Waals surface area contributed by atoms with Gasteiger partial charge in [0.05, 0.1) is 18.2 Å². The highest BCUT2D eigenvalue weighted by molar-refractivity contribution is 9.10. The quantitative estimate of drug-likeness (QED) is 0.849. The zero-order chi connectivity index (χ0) is 13.9. The van der Waals surface area contributed by atoms with Gasteiger partial charge in [0, 0.05) is 4.47 Å². The standard InChI is InChI=1S/C10H5BrF4N2O/c11-6-4-8(17-9(18)10(13,14)15)7(12)3-5(6)1-2-16/h3-4H,1H2,(H,17,18). The van der Waals surface area contributed by atoms with Gasteiger partial charge in [0.1, 0.15) is 5.82 Å². The molecule has 3 nitrogen and oxygen atoms in total. The first kappa shape index (κ1) is 14.4. The van der Waals surface area contributed by atoms with E-state index in [1.807, 2.05) is 0 Å². The molecular weight excluding hydrogens is 320 g/mol. The summed E-state index contributed by atoms with van der Waals surface area (Å²) in [6.45, 7) is 0. The number of anilines is 1. The third-order valence-electron chi connectivity index (χ3n) is 1.91. The number of halogens is 5. The van der Waals surface area contributed by atoms with Crippen molar-refractivity contribution in [2.45, 2.75) is 12.6 Å². The molecule has 0 saturated heterocycles. The number of hydrogen-bond acceptors (Lipinski definition) is 2. The number of rotatable bonds is 2. The van der Waals surface area contributed by atoms with E-state index in [9.17, 15) is 22.4 Å². The van der Waals surface area contributed by atoms with Gasteiger partial charge in [-0.1, -0.05) is 15.9 Å². The molecule has 1 aromatic carbocycles. The Morgan fingerprint density at radius 1 is 1.44 bits per heavy atom. The zero-order valence-corrected chi connectivity index (χ0v) is 10.2. The van der Waals surface area contributed by atoms with Gasteiger partial charge < -0.3 is 5.32 Å². The van der Waals surface area contributed by atoms with Crippen molar-refractivity contribution in [3.63, 3.8) is 0 Å². The van der Waals surface area contributed by atoms with Crippen LogP contribution in [-0.2, 0) is 11.2 Å². The number of nitriles is 1. The molecule has 0 bridgehead atoms. The maximum atomic E-state index is 13.4. The molecule has 96 valence electrons. The Morgan fingerprint density at radius 3 is 2.56 bits per heavy atom. The largest absolute Gasteiger partial charge is 0.471 e. The van der Waals surface area contributed by atoms with E-state index in [0.29, 0.717) is 0 Å². The summed E-state index contributed by atoms with van der Waals surface area (Å²) in [6.07, 6.45) is -5.20. The smallest absolute Gasteiger partial charge is 0.316 e. The molecule has 0 aliphatic carbocycles. The molecule has 18 heavy (non-hydrogen) atoms. The minimum absolute atomic E-state index is 0.106. The first-order chi connectivity index (χ1) is 8.25. The van der Waals surface area contributed by atoms with E-state index >= 15 is 0 Å². The number of nitrogens with one attached hydrogen (secondary N) is 1. The van der Waals surface area contributed by atoms with E-state index in [2.05, 4.69) is 15.9 Å². The highest BCUT2D eigenvalue weighted by Gasteiger charge is 2.39. The van der Waals surface area contributed by atoms with Gasteiger partial charge in [-0.15, -0.1) is 0 Å². The molecule has 0 aliphatic rings. The van der Waals surface area contributed by atoms with E-state index in [1.54, 1.807) is 6.07 Å². The van der Waals surface area contributed by atoms with Crippen LogP contribution in [0.4, 0.5) is 23.2 Å². The molecule has 8 heteroatoms. The van der Waals surface area contributed by atoms with E-state index in [-0.39, 0.29) is 16.5 Å². The van der Waals surface area contributed by atoms with Gasteiger partial charge in [0.15, 0.2) is 0 Å². The second-order valence-corrected chi connectivity index (χ2v) is 4.06. The minimum atomic E-state index is -5.09. The first-order valence-corrected chi connectivity index (χ1v) is 5.28. The Kier molecular flexibility index (Phi) is 4.29. The highest BCUT2D eigenvalue weighted by atomic mass is 79.9. The fourth-order valence-electron chi connectivity index (χ4n) is 1.10. The predicted molar refractivity (Wildman–Crippen MR) is 58.1 cm³/mol. The van der Waals surface area contributed by atoms with Gasteiger partial charge in [-0.2, -0.15) is 18.4 Å². The molecule has 1 N–H and O–H groups in total. The van der Waals surface area contributed by atoms with Crippen molar-refractivity contribution in [2.75, 3.05) is 5.32 Å². The van der Waals surface area contributed by atoms with Crippen LogP contribution in [0.2, 0.25) is 0 Å². The van der Waals surface area contributed by atoms with Crippen LogP contribution in [0.5, 0.6) is 0 Å². The molecule has 0 saturated carbocycles. The van der Waals surface area contributed by atoms with Crippen molar-refractivity contribution in [3.05, 3.63) is 28.0 Å². The number of nitrogens with zero attached hydrogens (tertiary/aromatic N) is 1. The van der Waals surface area contributed by atoms with Crippen LogP contribution in [0.15, 0.2) is 16.6 Å². The van der Waals surface area contributed by atoms with Crippen LogP contribution in [0, 0.1) is 17.1 Å². The molecule has 0 unspecified atom stereocenters. The second kappa shape index (κ2) is 5.35. The number of carbonyl (C=O) groups is 1. The van der Waals surface area contributed by atoms with Crippen LogP contribution in [0.25, 0.3) is 0 Å². The maximum absolute atomic E-state index is 13.4. The zero-order valence-electron chi connectivity index (χ0n) is 8.61. The van der Waals surface area contributed by atoms with Crippen LogP contribution in [0.3, 0.4) is 0 Å². The molecule has 0 aromatic heterocycles. The number of carbonyl (C=O) groups excluding carboxylic acids is 1. The van der Waals surface area contributed by atoms with Crippen molar-refractivity contribution in [1.29, 1.82) is 5.26 Å². The van der Waals surface area contributed by atoms with Crippen LogP contribution in [0.1, 0.15) is 5.56 Å². The number of hydrogen-bond donors (Lipinski definition) is 1. The Morgan fingerprint density at radius 2 is 2.06 bits per heavy atom. The molecule has 0 heterocycles. The summed E-state index contributed by atoms with van der Waals surface area (Å²) in [5, 5.41) is 9.85. The molecule has 0 aliphatic heterocycles. The molecule has 1 rings (SSSR count). The average molecular weight is 325 g/mol. The Hall–Kier alpha value is -1.62. The van der Waals surface area contributed by atoms with Crippen molar-refractivity contribution in [1.82, 2.24) is 0 Å². The van der Waals surface area contributed by atoms with Gasteiger partial charge in [0.25, 0.3) is 0 Å². The first-order valence-electron chi connectivity index (χ1n) is 4.48. The van der Waals surface area contributed by atoms with E-state index in [4.69, 9.17) is 5.26 Å². The van der Waals surface area contributed by atoms with Gasteiger partial charge in [-0.3, -0.25) is 4.79 Å². The van der Waals surface area contributed by atoms with Crippen molar-refractivity contribution in [3.8, 4) is 6.07 Å². The minimum Gasteiger partial charge on any atom is -0.316 e.